The minimum absolute atomic E-state index is 0.472. The van der Waals surface area contributed by atoms with Gasteiger partial charge in [-0.05, 0) is 36.8 Å². The number of hydrogen-bond acceptors (Lipinski definition) is 3. The highest BCUT2D eigenvalue weighted by Gasteiger charge is 2.25. The molecule has 1 aliphatic carbocycles. The Morgan fingerprint density at radius 1 is 1.45 bits per heavy atom. The van der Waals surface area contributed by atoms with Crippen LogP contribution in [0.4, 0.5) is 5.82 Å². The van der Waals surface area contributed by atoms with Crippen LogP contribution in [0, 0.1) is 5.92 Å². The summed E-state index contributed by atoms with van der Waals surface area (Å²) in [5, 5.41) is 4.17. The maximum absolute atomic E-state index is 6.45. The van der Waals surface area contributed by atoms with Gasteiger partial charge in [0.15, 0.2) is 0 Å². The van der Waals surface area contributed by atoms with Crippen molar-refractivity contribution in [3.8, 4) is 0 Å². The van der Waals surface area contributed by atoms with E-state index < -0.39 is 0 Å². The van der Waals surface area contributed by atoms with Crippen molar-refractivity contribution < 1.29 is 0 Å². The summed E-state index contributed by atoms with van der Waals surface area (Å²) in [7, 11) is 0. The summed E-state index contributed by atoms with van der Waals surface area (Å²) in [4.78, 5) is 6.96. The predicted molar refractivity (Wildman–Crippen MR) is 86.5 cm³/mol. The molecule has 0 atom stereocenters. The molecular weight excluding hydrogens is 270 g/mol. The van der Waals surface area contributed by atoms with Crippen LogP contribution < -0.4 is 10.2 Å². The van der Waals surface area contributed by atoms with Crippen molar-refractivity contribution in [2.75, 3.05) is 18.0 Å². The average Bonchev–Trinajstić information content (AvgIpc) is 3.20. The van der Waals surface area contributed by atoms with E-state index in [1.807, 2.05) is 6.20 Å². The number of hydrogen-bond donors (Lipinski definition) is 1. The number of aromatic nitrogens is 1. The highest BCUT2D eigenvalue weighted by molar-refractivity contribution is 6.33. The number of pyridine rings is 1. The summed E-state index contributed by atoms with van der Waals surface area (Å²) in [5.41, 5.74) is 1.15. The second kappa shape index (κ2) is 7.28. The first kappa shape index (κ1) is 15.6. The first-order valence-electron chi connectivity index (χ1n) is 7.73. The fourth-order valence-corrected chi connectivity index (χ4v) is 2.60. The van der Waals surface area contributed by atoms with Crippen LogP contribution in [-0.4, -0.2) is 24.1 Å². The Labute approximate surface area is 127 Å². The molecule has 0 bridgehead atoms. The van der Waals surface area contributed by atoms with Gasteiger partial charge in [0.2, 0.25) is 0 Å². The van der Waals surface area contributed by atoms with Crippen LogP contribution in [0.5, 0.6) is 0 Å². The van der Waals surface area contributed by atoms with Crippen LogP contribution in [0.3, 0.4) is 0 Å². The van der Waals surface area contributed by atoms with Gasteiger partial charge in [0, 0.05) is 31.9 Å². The Morgan fingerprint density at radius 3 is 2.75 bits per heavy atom. The smallest absolute Gasteiger partial charge is 0.147 e. The zero-order valence-corrected chi connectivity index (χ0v) is 13.6. The highest BCUT2D eigenvalue weighted by atomic mass is 35.5. The summed E-state index contributed by atoms with van der Waals surface area (Å²) in [6, 6.07) is 2.52. The quantitative estimate of drug-likeness (QED) is 0.789. The number of halogens is 1. The molecule has 1 heterocycles. The third-order valence-electron chi connectivity index (χ3n) is 3.56. The SMILES string of the molecule is CCCN(CC1CC1)c1ncc(CNC(C)C)cc1Cl. The van der Waals surface area contributed by atoms with E-state index in [1.165, 1.54) is 12.8 Å². The maximum atomic E-state index is 6.45. The van der Waals surface area contributed by atoms with Crippen LogP contribution in [0.1, 0.15) is 45.6 Å². The van der Waals surface area contributed by atoms with Crippen molar-refractivity contribution in [3.05, 3.63) is 22.8 Å². The summed E-state index contributed by atoms with van der Waals surface area (Å²) in [5.74, 6) is 1.80. The molecule has 0 unspecified atom stereocenters. The standard InChI is InChI=1S/C16H26ClN3/c1-4-7-20(11-13-5-6-13)16-15(17)8-14(10-19-16)9-18-12(2)3/h8,10,12-13,18H,4-7,9,11H2,1-3H3. The maximum Gasteiger partial charge on any atom is 0.147 e. The van der Waals surface area contributed by atoms with Crippen LogP contribution in [0.15, 0.2) is 12.3 Å². The van der Waals surface area contributed by atoms with Gasteiger partial charge in [-0.15, -0.1) is 0 Å². The lowest BCUT2D eigenvalue weighted by atomic mass is 10.2. The molecule has 1 N–H and O–H groups in total. The molecule has 4 heteroatoms. The number of rotatable bonds is 8. The molecule has 1 fully saturated rings. The largest absolute Gasteiger partial charge is 0.355 e. The zero-order valence-electron chi connectivity index (χ0n) is 12.8. The monoisotopic (exact) mass is 295 g/mol. The molecule has 20 heavy (non-hydrogen) atoms. The molecule has 2 rings (SSSR count). The van der Waals surface area contributed by atoms with E-state index in [-0.39, 0.29) is 0 Å². The Bertz CT molecular complexity index is 430. The summed E-state index contributed by atoms with van der Waals surface area (Å²) < 4.78 is 0. The van der Waals surface area contributed by atoms with Gasteiger partial charge in [0.1, 0.15) is 5.82 Å². The number of nitrogens with zero attached hydrogens (tertiary/aromatic N) is 2. The second-order valence-electron chi connectivity index (χ2n) is 6.07. The lowest BCUT2D eigenvalue weighted by Gasteiger charge is -2.24. The van der Waals surface area contributed by atoms with Crippen molar-refractivity contribution in [3.63, 3.8) is 0 Å². The lowest BCUT2D eigenvalue weighted by Crippen LogP contribution is -2.28. The van der Waals surface area contributed by atoms with Crippen molar-refractivity contribution >= 4 is 17.4 Å². The second-order valence-corrected chi connectivity index (χ2v) is 6.48. The molecule has 0 radical (unpaired) electrons. The van der Waals surface area contributed by atoms with Gasteiger partial charge in [-0.25, -0.2) is 4.98 Å². The van der Waals surface area contributed by atoms with E-state index in [4.69, 9.17) is 11.6 Å². The molecule has 0 aliphatic heterocycles. The van der Waals surface area contributed by atoms with Crippen LogP contribution >= 0.6 is 11.6 Å². The molecule has 112 valence electrons. The summed E-state index contributed by atoms with van der Waals surface area (Å²) in [6.07, 6.45) is 5.79. The summed E-state index contributed by atoms with van der Waals surface area (Å²) >= 11 is 6.45. The molecule has 0 saturated heterocycles. The number of anilines is 1. The molecule has 1 aliphatic rings. The van der Waals surface area contributed by atoms with Gasteiger partial charge in [-0.2, -0.15) is 0 Å². The lowest BCUT2D eigenvalue weighted by molar-refractivity contribution is 0.587. The van der Waals surface area contributed by atoms with Crippen molar-refractivity contribution in [1.29, 1.82) is 0 Å². The van der Waals surface area contributed by atoms with E-state index in [9.17, 15) is 0 Å². The topological polar surface area (TPSA) is 28.2 Å². The van der Waals surface area contributed by atoms with Gasteiger partial charge in [-0.1, -0.05) is 32.4 Å². The molecule has 1 aromatic rings. The predicted octanol–water partition coefficient (Wildman–Crippen LogP) is 3.86. The van der Waals surface area contributed by atoms with E-state index >= 15 is 0 Å². The Balaban J connectivity index is 2.05. The normalized spacial score (nSPS) is 14.8. The van der Waals surface area contributed by atoms with Crippen molar-refractivity contribution in [2.45, 2.75) is 52.6 Å². The van der Waals surface area contributed by atoms with E-state index in [1.54, 1.807) is 0 Å². The van der Waals surface area contributed by atoms with E-state index in [0.29, 0.717) is 6.04 Å². The zero-order chi connectivity index (χ0) is 14.5. The number of nitrogens with one attached hydrogen (secondary N) is 1. The Hall–Kier alpha value is -0.800. The fourth-order valence-electron chi connectivity index (χ4n) is 2.29. The molecule has 1 saturated carbocycles. The van der Waals surface area contributed by atoms with Gasteiger partial charge < -0.3 is 10.2 Å². The first-order chi connectivity index (χ1) is 9.60. The summed E-state index contributed by atoms with van der Waals surface area (Å²) in [6.45, 7) is 9.44. The van der Waals surface area contributed by atoms with Crippen LogP contribution in [0.25, 0.3) is 0 Å². The van der Waals surface area contributed by atoms with Gasteiger partial charge in [-0.3, -0.25) is 0 Å². The van der Waals surface area contributed by atoms with Gasteiger partial charge >= 0.3 is 0 Å². The third-order valence-corrected chi connectivity index (χ3v) is 3.84. The molecule has 1 aromatic heterocycles. The molecule has 0 spiro atoms. The van der Waals surface area contributed by atoms with Gasteiger partial charge in [0.25, 0.3) is 0 Å². The van der Waals surface area contributed by atoms with E-state index in [2.05, 4.69) is 42.0 Å². The highest BCUT2D eigenvalue weighted by Crippen LogP contribution is 2.33. The Kier molecular flexibility index (Phi) is 5.67. The van der Waals surface area contributed by atoms with Gasteiger partial charge in [0.05, 0.1) is 5.02 Å². The minimum Gasteiger partial charge on any atom is -0.355 e. The first-order valence-corrected chi connectivity index (χ1v) is 8.10. The minimum atomic E-state index is 0.472. The molecule has 3 nitrogen and oxygen atoms in total. The molecular formula is C16H26ClN3. The van der Waals surface area contributed by atoms with Crippen LogP contribution in [-0.2, 0) is 6.54 Å². The average molecular weight is 296 g/mol. The third kappa shape index (κ3) is 4.64. The van der Waals surface area contributed by atoms with Crippen molar-refractivity contribution in [1.82, 2.24) is 10.3 Å². The Morgan fingerprint density at radius 2 is 2.20 bits per heavy atom. The molecule has 0 amide bonds. The molecule has 0 aromatic carbocycles. The van der Waals surface area contributed by atoms with E-state index in [0.717, 1.165) is 48.4 Å². The van der Waals surface area contributed by atoms with Crippen LogP contribution in [0.2, 0.25) is 5.02 Å². The fraction of sp³-hybridized carbons (Fsp3) is 0.688. The van der Waals surface area contributed by atoms with Crippen molar-refractivity contribution in [2.24, 2.45) is 5.92 Å².